The molecule has 3 N–H and O–H groups in total. The molecular weight excluding hydrogens is 510 g/mol. The molecule has 0 bridgehead atoms. The Morgan fingerprint density at radius 1 is 0.975 bits per heavy atom. The Bertz CT molecular complexity index is 1470. The van der Waals surface area contributed by atoms with Gasteiger partial charge in [-0.3, -0.25) is 0 Å². The first-order valence-corrected chi connectivity index (χ1v) is 13.7. The molecule has 0 radical (unpaired) electrons. The lowest BCUT2D eigenvalue weighted by atomic mass is 10.1. The molecule has 1 aliphatic rings. The quantitative estimate of drug-likeness (QED) is 0.222. The number of aryl methyl sites for hydroxylation is 2. The van der Waals surface area contributed by atoms with E-state index in [4.69, 9.17) is 28.6 Å². The van der Waals surface area contributed by atoms with Gasteiger partial charge >= 0.3 is 0 Å². The maximum Gasteiger partial charge on any atom is 0.225 e. The molecule has 10 nitrogen and oxygen atoms in total. The summed E-state index contributed by atoms with van der Waals surface area (Å²) in [6.45, 7) is 7.02. The minimum Gasteiger partial charge on any atom is -0.497 e. The number of pyridine rings is 1. The van der Waals surface area contributed by atoms with Crippen molar-refractivity contribution in [3.8, 4) is 28.7 Å². The summed E-state index contributed by atoms with van der Waals surface area (Å²) in [4.78, 5) is 14.2. The second-order valence-electron chi connectivity index (χ2n) is 10.1. The van der Waals surface area contributed by atoms with Crippen LogP contribution in [0.3, 0.4) is 0 Å². The molecule has 3 heterocycles. The minimum atomic E-state index is 0.193. The summed E-state index contributed by atoms with van der Waals surface area (Å²) in [5.41, 5.74) is 4.01. The van der Waals surface area contributed by atoms with Crippen molar-refractivity contribution in [3.63, 3.8) is 0 Å². The number of methoxy groups -OCH3 is 2. The molecule has 0 spiro atoms. The third-order valence-electron chi connectivity index (χ3n) is 7.28. The highest BCUT2D eigenvalue weighted by Crippen LogP contribution is 2.38. The van der Waals surface area contributed by atoms with E-state index in [-0.39, 0.29) is 12.6 Å². The van der Waals surface area contributed by atoms with Gasteiger partial charge in [0.15, 0.2) is 5.58 Å². The van der Waals surface area contributed by atoms with E-state index in [1.54, 1.807) is 14.2 Å². The van der Waals surface area contributed by atoms with Crippen LogP contribution < -0.4 is 24.8 Å². The highest BCUT2D eigenvalue weighted by molar-refractivity contribution is 5.88. The van der Waals surface area contributed by atoms with Gasteiger partial charge < -0.3 is 34.4 Å². The Hall–Kier alpha value is -4.05. The third kappa shape index (κ3) is 5.91. The van der Waals surface area contributed by atoms with Crippen molar-refractivity contribution in [2.24, 2.45) is 5.92 Å². The topological polar surface area (TPSA) is 124 Å². The molecule has 0 aliphatic heterocycles. The van der Waals surface area contributed by atoms with E-state index in [2.05, 4.69) is 15.6 Å². The number of aliphatic hydroxyl groups is 1. The first-order valence-electron chi connectivity index (χ1n) is 13.7. The number of nitrogens with one attached hydrogen (secondary N) is 2. The highest BCUT2D eigenvalue weighted by Gasteiger charge is 2.27. The van der Waals surface area contributed by atoms with Crippen LogP contribution in [-0.4, -0.2) is 53.5 Å². The lowest BCUT2D eigenvalue weighted by Crippen LogP contribution is -2.19. The third-order valence-corrected chi connectivity index (χ3v) is 7.28. The molecule has 4 aromatic rings. The summed E-state index contributed by atoms with van der Waals surface area (Å²) < 4.78 is 22.8. The highest BCUT2D eigenvalue weighted by atomic mass is 16.5. The predicted octanol–water partition coefficient (Wildman–Crippen LogP) is 5.50. The van der Waals surface area contributed by atoms with Gasteiger partial charge in [0.05, 0.1) is 37.8 Å². The molecule has 40 heavy (non-hydrogen) atoms. The molecule has 1 aliphatic carbocycles. The van der Waals surface area contributed by atoms with Crippen molar-refractivity contribution in [1.82, 2.24) is 15.0 Å². The number of fused-ring (bicyclic) bond motifs is 1. The molecule has 3 aromatic heterocycles. The zero-order chi connectivity index (χ0) is 28.2. The molecule has 1 aromatic carbocycles. The van der Waals surface area contributed by atoms with E-state index >= 15 is 0 Å². The smallest absolute Gasteiger partial charge is 0.225 e. The molecular formula is C30H37N5O5. The fourth-order valence-corrected chi connectivity index (χ4v) is 5.29. The van der Waals surface area contributed by atoms with Crippen molar-refractivity contribution < 1.29 is 23.7 Å². The molecule has 212 valence electrons. The van der Waals surface area contributed by atoms with Gasteiger partial charge in [-0.05, 0) is 69.7 Å². The van der Waals surface area contributed by atoms with Crippen LogP contribution in [-0.2, 0) is 6.54 Å². The van der Waals surface area contributed by atoms with E-state index in [0.29, 0.717) is 59.6 Å². The molecule has 0 amide bonds. The second-order valence-corrected chi connectivity index (χ2v) is 10.1. The van der Waals surface area contributed by atoms with Crippen molar-refractivity contribution in [2.75, 3.05) is 38.1 Å². The maximum atomic E-state index is 9.68. The van der Waals surface area contributed by atoms with Gasteiger partial charge in [-0.15, -0.1) is 0 Å². The second kappa shape index (κ2) is 12.0. The van der Waals surface area contributed by atoms with E-state index in [0.717, 1.165) is 47.2 Å². The number of rotatable bonds is 11. The van der Waals surface area contributed by atoms with Gasteiger partial charge in [-0.25, -0.2) is 9.97 Å². The van der Waals surface area contributed by atoms with Crippen molar-refractivity contribution in [2.45, 2.75) is 52.6 Å². The number of ether oxygens (including phenoxy) is 3. The summed E-state index contributed by atoms with van der Waals surface area (Å²) in [6, 6.07) is 9.81. The van der Waals surface area contributed by atoms with Gasteiger partial charge in [0, 0.05) is 36.7 Å². The predicted molar refractivity (Wildman–Crippen MR) is 154 cm³/mol. The Morgan fingerprint density at radius 2 is 1.75 bits per heavy atom. The fourth-order valence-electron chi connectivity index (χ4n) is 5.29. The number of aromatic nitrogens is 3. The Kier molecular flexibility index (Phi) is 8.25. The lowest BCUT2D eigenvalue weighted by molar-refractivity contribution is 0.229. The van der Waals surface area contributed by atoms with Crippen LogP contribution >= 0.6 is 0 Å². The number of aliphatic hydroxyl groups excluding tert-OH is 1. The number of furan rings is 1. The molecule has 1 fully saturated rings. The van der Waals surface area contributed by atoms with Crippen LogP contribution in [0.1, 0.15) is 43.1 Å². The van der Waals surface area contributed by atoms with Gasteiger partial charge in [0.25, 0.3) is 0 Å². The fraction of sp³-hybridized carbons (Fsp3) is 0.433. The summed E-state index contributed by atoms with van der Waals surface area (Å²) in [5.74, 6) is 4.14. The summed E-state index contributed by atoms with van der Waals surface area (Å²) in [5, 5.41) is 17.6. The number of hydrogen-bond donors (Lipinski definition) is 3. The molecule has 0 saturated heterocycles. The van der Waals surface area contributed by atoms with Crippen LogP contribution in [0.2, 0.25) is 0 Å². The van der Waals surface area contributed by atoms with Crippen molar-refractivity contribution in [3.05, 3.63) is 47.3 Å². The number of anilines is 2. The lowest BCUT2D eigenvalue weighted by Gasteiger charge is -2.18. The molecule has 10 heteroatoms. The largest absolute Gasteiger partial charge is 0.497 e. The van der Waals surface area contributed by atoms with E-state index in [1.807, 2.05) is 51.1 Å². The minimum absolute atomic E-state index is 0.193. The maximum absolute atomic E-state index is 9.68. The number of hydrogen-bond acceptors (Lipinski definition) is 10. The van der Waals surface area contributed by atoms with Crippen LogP contribution in [0.4, 0.5) is 11.8 Å². The Morgan fingerprint density at radius 3 is 2.42 bits per heavy atom. The van der Waals surface area contributed by atoms with E-state index in [1.165, 1.54) is 0 Å². The van der Waals surface area contributed by atoms with Crippen LogP contribution in [0, 0.1) is 19.8 Å². The average Bonchev–Trinajstić information content (AvgIpc) is 3.59. The number of benzene rings is 1. The van der Waals surface area contributed by atoms with Gasteiger partial charge in [0.1, 0.15) is 23.1 Å². The number of nitrogens with zero attached hydrogens (tertiary/aromatic N) is 3. The Balaban J connectivity index is 1.50. The van der Waals surface area contributed by atoms with Crippen molar-refractivity contribution >= 4 is 22.7 Å². The molecule has 5 rings (SSSR count). The summed E-state index contributed by atoms with van der Waals surface area (Å²) in [7, 11) is 3.26. The standard InChI is InChI=1S/C30H37N5O5/c1-6-39-26-13-21-12-25(40-28(21)18(3)32-26)27-17(2)33-30(35-29(27)34-22-8-7-19(9-22)16-36)31-15-20-10-23(37-4)14-24(11-20)38-5/h10-14,19,22,36H,6-9,15-16H2,1-5H3,(H2,31,33,34,35). The van der Waals surface area contributed by atoms with Gasteiger partial charge in [0.2, 0.25) is 11.8 Å². The molecule has 1 saturated carbocycles. The SMILES string of the molecule is CCOc1cc2cc(-c3c(C)nc(NCc4cc(OC)cc(OC)c4)nc3NC3CCC(CO)C3)oc2c(C)n1. The molecule has 2 unspecified atom stereocenters. The first-order chi connectivity index (χ1) is 19.4. The summed E-state index contributed by atoms with van der Waals surface area (Å²) >= 11 is 0. The van der Waals surface area contributed by atoms with Crippen molar-refractivity contribution in [1.29, 1.82) is 0 Å². The van der Waals surface area contributed by atoms with Crippen LogP contribution in [0.25, 0.3) is 22.3 Å². The average molecular weight is 548 g/mol. The van der Waals surface area contributed by atoms with Gasteiger partial charge in [-0.1, -0.05) is 0 Å². The Labute approximate surface area is 234 Å². The van der Waals surface area contributed by atoms with Crippen LogP contribution in [0.15, 0.2) is 34.7 Å². The van der Waals surface area contributed by atoms with E-state index in [9.17, 15) is 5.11 Å². The van der Waals surface area contributed by atoms with E-state index < -0.39 is 0 Å². The zero-order valence-corrected chi connectivity index (χ0v) is 23.7. The monoisotopic (exact) mass is 547 g/mol. The first kappa shape index (κ1) is 27.5. The van der Waals surface area contributed by atoms with Crippen LogP contribution in [0.5, 0.6) is 17.4 Å². The normalized spacial score (nSPS) is 16.8. The zero-order valence-electron chi connectivity index (χ0n) is 23.7. The molecule has 2 atom stereocenters. The summed E-state index contributed by atoms with van der Waals surface area (Å²) in [6.07, 6.45) is 2.82. The van der Waals surface area contributed by atoms with Gasteiger partial charge in [-0.2, -0.15) is 4.98 Å².